The number of aromatic hydroxyl groups is 1. The summed E-state index contributed by atoms with van der Waals surface area (Å²) >= 11 is 0. The number of piperidine rings is 1. The molecule has 1 N–H and O–H groups in total. The van der Waals surface area contributed by atoms with Crippen LogP contribution in [0.1, 0.15) is 17.5 Å². The molecule has 1 aromatic carbocycles. The zero-order valence-corrected chi connectivity index (χ0v) is 16.3. The zero-order valence-electron chi connectivity index (χ0n) is 16.3. The fourth-order valence-electron chi connectivity index (χ4n) is 4.19. The highest BCUT2D eigenvalue weighted by molar-refractivity contribution is 5.71. The molecule has 0 saturated carbocycles. The minimum absolute atomic E-state index is 0.155. The summed E-state index contributed by atoms with van der Waals surface area (Å²) in [6.45, 7) is 4.70. The lowest BCUT2D eigenvalue weighted by molar-refractivity contribution is -0.137. The number of anilines is 1. The first kappa shape index (κ1) is 19.9. The second-order valence-electron chi connectivity index (χ2n) is 7.68. The van der Waals surface area contributed by atoms with E-state index in [1.807, 2.05) is 0 Å². The van der Waals surface area contributed by atoms with E-state index in [4.69, 9.17) is 4.74 Å². The Balaban J connectivity index is 1.61. The number of benzene rings is 1. The first-order valence-electron chi connectivity index (χ1n) is 9.56. The monoisotopic (exact) mass is 408 g/mol. The SMILES string of the molecule is Cc1cc(C(F)(F)F)cc(O)c1-c1ccc(N2CCOC3CCN(C)C[C@@H]32)nn1. The van der Waals surface area contributed by atoms with Gasteiger partial charge in [0.1, 0.15) is 5.75 Å². The van der Waals surface area contributed by atoms with Crippen molar-refractivity contribution in [3.05, 3.63) is 35.4 Å². The average Bonchev–Trinajstić information content (AvgIpc) is 2.67. The topological polar surface area (TPSA) is 61.7 Å². The van der Waals surface area contributed by atoms with E-state index in [1.54, 1.807) is 12.1 Å². The van der Waals surface area contributed by atoms with Gasteiger partial charge >= 0.3 is 6.18 Å². The Morgan fingerprint density at radius 2 is 1.97 bits per heavy atom. The number of nitrogens with zero attached hydrogens (tertiary/aromatic N) is 4. The summed E-state index contributed by atoms with van der Waals surface area (Å²) in [6, 6.07) is 5.41. The second-order valence-corrected chi connectivity index (χ2v) is 7.68. The average molecular weight is 408 g/mol. The molecule has 6 nitrogen and oxygen atoms in total. The third-order valence-corrected chi connectivity index (χ3v) is 5.63. The van der Waals surface area contributed by atoms with Crippen molar-refractivity contribution in [2.24, 2.45) is 0 Å². The summed E-state index contributed by atoms with van der Waals surface area (Å²) in [6.07, 6.45) is -3.40. The number of halogens is 3. The van der Waals surface area contributed by atoms with Crippen LogP contribution in [0.5, 0.6) is 5.75 Å². The molecule has 3 heterocycles. The highest BCUT2D eigenvalue weighted by atomic mass is 19.4. The number of hydrogen-bond acceptors (Lipinski definition) is 6. The Bertz CT molecular complexity index is 865. The maximum absolute atomic E-state index is 12.9. The van der Waals surface area contributed by atoms with Crippen molar-refractivity contribution in [3.8, 4) is 17.0 Å². The van der Waals surface area contributed by atoms with E-state index < -0.39 is 17.5 Å². The van der Waals surface area contributed by atoms with Gasteiger partial charge < -0.3 is 19.6 Å². The van der Waals surface area contributed by atoms with E-state index in [2.05, 4.69) is 27.0 Å². The largest absolute Gasteiger partial charge is 0.507 e. The third-order valence-electron chi connectivity index (χ3n) is 5.63. The Labute approximate surface area is 166 Å². The Morgan fingerprint density at radius 1 is 1.17 bits per heavy atom. The van der Waals surface area contributed by atoms with E-state index in [0.29, 0.717) is 30.2 Å². The molecule has 0 amide bonds. The van der Waals surface area contributed by atoms with Gasteiger partial charge in [0.2, 0.25) is 0 Å². The van der Waals surface area contributed by atoms with Crippen molar-refractivity contribution in [1.29, 1.82) is 0 Å². The number of likely N-dealkylation sites (tertiary alicyclic amines) is 1. The number of phenols is 1. The number of aromatic nitrogens is 2. The van der Waals surface area contributed by atoms with Gasteiger partial charge in [-0.1, -0.05) is 0 Å². The van der Waals surface area contributed by atoms with Crippen molar-refractivity contribution in [3.63, 3.8) is 0 Å². The summed E-state index contributed by atoms with van der Waals surface area (Å²) in [5, 5.41) is 18.7. The molecule has 2 aliphatic heterocycles. The Morgan fingerprint density at radius 3 is 2.62 bits per heavy atom. The maximum atomic E-state index is 12.9. The zero-order chi connectivity index (χ0) is 20.8. The van der Waals surface area contributed by atoms with Gasteiger partial charge in [-0.15, -0.1) is 10.2 Å². The van der Waals surface area contributed by atoms with Crippen LogP contribution in [0.3, 0.4) is 0 Å². The van der Waals surface area contributed by atoms with Crippen LogP contribution in [-0.4, -0.2) is 65.6 Å². The van der Waals surface area contributed by atoms with Gasteiger partial charge in [-0.2, -0.15) is 13.2 Å². The lowest BCUT2D eigenvalue weighted by atomic mass is 9.99. The number of rotatable bonds is 2. The molecule has 0 bridgehead atoms. The van der Waals surface area contributed by atoms with Crippen molar-refractivity contribution in [1.82, 2.24) is 15.1 Å². The smallest absolute Gasteiger partial charge is 0.416 e. The molecule has 2 aromatic rings. The summed E-state index contributed by atoms with van der Waals surface area (Å²) in [5.74, 6) is 0.242. The summed E-state index contributed by atoms with van der Waals surface area (Å²) < 4.78 is 44.7. The number of hydrogen-bond donors (Lipinski definition) is 1. The van der Waals surface area contributed by atoms with Crippen LogP contribution in [0.4, 0.5) is 19.0 Å². The summed E-state index contributed by atoms with van der Waals surface area (Å²) in [4.78, 5) is 4.44. The van der Waals surface area contributed by atoms with Gasteiger partial charge in [0.25, 0.3) is 0 Å². The number of likely N-dealkylation sites (N-methyl/N-ethyl adjacent to an activating group) is 1. The number of fused-ring (bicyclic) bond motifs is 1. The molecule has 2 aliphatic rings. The van der Waals surface area contributed by atoms with Crippen LogP contribution >= 0.6 is 0 Å². The maximum Gasteiger partial charge on any atom is 0.416 e. The molecule has 4 rings (SSSR count). The van der Waals surface area contributed by atoms with Crippen LogP contribution in [0, 0.1) is 6.92 Å². The third kappa shape index (κ3) is 3.89. The normalized spacial score (nSPS) is 23.1. The molecule has 0 radical (unpaired) electrons. The standard InChI is InChI=1S/C20H23F3N4O2/c1-12-9-13(20(21,22)23)10-16(28)19(12)14-3-4-18(25-24-14)27-7-8-29-17-5-6-26(2)11-15(17)27/h3-4,9-10,15,17,28H,5-8,11H2,1-2H3/t15-,17?/m0/s1. The lowest BCUT2D eigenvalue weighted by Gasteiger charge is -2.46. The van der Waals surface area contributed by atoms with Crippen LogP contribution in [0.25, 0.3) is 11.3 Å². The summed E-state index contributed by atoms with van der Waals surface area (Å²) in [7, 11) is 2.08. The van der Waals surface area contributed by atoms with E-state index in [1.165, 1.54) is 6.92 Å². The molecular formula is C20H23F3N4O2. The molecule has 0 spiro atoms. The quantitative estimate of drug-likeness (QED) is 0.824. The van der Waals surface area contributed by atoms with Crippen LogP contribution < -0.4 is 4.90 Å². The van der Waals surface area contributed by atoms with Crippen LogP contribution in [0.2, 0.25) is 0 Å². The van der Waals surface area contributed by atoms with Crippen molar-refractivity contribution in [2.75, 3.05) is 38.2 Å². The lowest BCUT2D eigenvalue weighted by Crippen LogP contribution is -2.59. The second kappa shape index (κ2) is 7.46. The number of aryl methyl sites for hydroxylation is 1. The molecule has 9 heteroatoms. The van der Waals surface area contributed by atoms with Gasteiger partial charge in [0.15, 0.2) is 5.82 Å². The van der Waals surface area contributed by atoms with Crippen LogP contribution in [-0.2, 0) is 10.9 Å². The number of phenolic OH excluding ortho intramolecular Hbond substituents is 1. The highest BCUT2D eigenvalue weighted by Gasteiger charge is 2.37. The van der Waals surface area contributed by atoms with E-state index in [9.17, 15) is 18.3 Å². The summed E-state index contributed by atoms with van der Waals surface area (Å²) in [5.41, 5.74) is -0.00123. The fraction of sp³-hybridized carbons (Fsp3) is 0.500. The molecule has 29 heavy (non-hydrogen) atoms. The Kier molecular flexibility index (Phi) is 5.12. The van der Waals surface area contributed by atoms with Gasteiger partial charge in [-0.05, 0) is 50.2 Å². The van der Waals surface area contributed by atoms with Gasteiger partial charge in [0.05, 0.1) is 30.0 Å². The van der Waals surface area contributed by atoms with E-state index in [-0.39, 0.29) is 17.7 Å². The minimum Gasteiger partial charge on any atom is -0.507 e. The van der Waals surface area contributed by atoms with E-state index in [0.717, 1.165) is 31.6 Å². The first-order valence-corrected chi connectivity index (χ1v) is 9.56. The highest BCUT2D eigenvalue weighted by Crippen LogP contribution is 2.38. The number of ether oxygens (including phenoxy) is 1. The molecule has 156 valence electrons. The molecule has 1 unspecified atom stereocenters. The molecule has 0 aliphatic carbocycles. The van der Waals surface area contributed by atoms with Crippen molar-refractivity contribution in [2.45, 2.75) is 31.7 Å². The van der Waals surface area contributed by atoms with Crippen molar-refractivity contribution < 1.29 is 23.0 Å². The molecule has 2 atom stereocenters. The molecule has 2 fully saturated rings. The number of alkyl halides is 3. The van der Waals surface area contributed by atoms with Crippen molar-refractivity contribution >= 4 is 5.82 Å². The fourth-order valence-corrected chi connectivity index (χ4v) is 4.19. The first-order chi connectivity index (χ1) is 13.7. The predicted molar refractivity (Wildman–Crippen MR) is 102 cm³/mol. The Hall–Kier alpha value is -2.39. The van der Waals surface area contributed by atoms with Gasteiger partial charge in [-0.25, -0.2) is 0 Å². The predicted octanol–water partition coefficient (Wildman–Crippen LogP) is 3.09. The van der Waals surface area contributed by atoms with Crippen LogP contribution in [0.15, 0.2) is 24.3 Å². The minimum atomic E-state index is -4.52. The van der Waals surface area contributed by atoms with Gasteiger partial charge in [0, 0.05) is 25.2 Å². The molecule has 1 aromatic heterocycles. The number of morpholine rings is 1. The molecular weight excluding hydrogens is 385 g/mol. The van der Waals surface area contributed by atoms with E-state index >= 15 is 0 Å². The van der Waals surface area contributed by atoms with Gasteiger partial charge in [-0.3, -0.25) is 0 Å². The molecule has 2 saturated heterocycles.